The molecule has 1 spiro atoms. The van der Waals surface area contributed by atoms with E-state index in [-0.39, 0.29) is 11.7 Å². The quantitative estimate of drug-likeness (QED) is 0.869. The summed E-state index contributed by atoms with van der Waals surface area (Å²) in [7, 11) is 0. The van der Waals surface area contributed by atoms with E-state index in [0.717, 1.165) is 23.6 Å². The van der Waals surface area contributed by atoms with Crippen LogP contribution < -0.4 is 5.32 Å². The van der Waals surface area contributed by atoms with Crippen LogP contribution in [0.3, 0.4) is 0 Å². The number of rotatable bonds is 1. The number of nitrogens with zero attached hydrogens (tertiary/aromatic N) is 1. The first-order valence-electron chi connectivity index (χ1n) is 7.59. The van der Waals surface area contributed by atoms with Crippen molar-refractivity contribution in [2.24, 2.45) is 0 Å². The lowest BCUT2D eigenvalue weighted by Gasteiger charge is -2.43. The zero-order valence-electron chi connectivity index (χ0n) is 11.6. The molecule has 2 aliphatic rings. The molecule has 1 aromatic heterocycles. The Morgan fingerprint density at radius 3 is 2.90 bits per heavy atom. The van der Waals surface area contributed by atoms with Crippen LogP contribution in [-0.2, 0) is 4.74 Å². The predicted molar refractivity (Wildman–Crippen MR) is 82.1 cm³/mol. The first-order chi connectivity index (χ1) is 9.85. The number of aromatic nitrogens is 1. The molecule has 106 valence electrons. The molecule has 2 heterocycles. The molecule has 2 fully saturated rings. The molecule has 2 aromatic rings. The summed E-state index contributed by atoms with van der Waals surface area (Å²) in [5.74, 6) is 0. The highest BCUT2D eigenvalue weighted by atomic mass is 32.1. The minimum absolute atomic E-state index is 0.0685. The fourth-order valence-electron chi connectivity index (χ4n) is 3.47. The van der Waals surface area contributed by atoms with E-state index in [1.165, 1.54) is 36.8 Å². The second kappa shape index (κ2) is 5.10. The Kier molecular flexibility index (Phi) is 3.25. The predicted octanol–water partition coefficient (Wildman–Crippen LogP) is 3.66. The fourth-order valence-corrected chi connectivity index (χ4v) is 4.47. The molecule has 1 N–H and O–H groups in total. The number of benzene rings is 1. The van der Waals surface area contributed by atoms with Gasteiger partial charge in [-0.05, 0) is 25.0 Å². The lowest BCUT2D eigenvalue weighted by molar-refractivity contribution is -0.135. The molecule has 1 aromatic carbocycles. The Bertz CT molecular complexity index is 565. The standard InChI is InChI=1S/C16H20N2OS/c1-4-8-16(9-5-1)11-17-10-13(19-16)15-18-12-6-2-3-7-14(12)20-15/h2-3,6-7,13,17H,1,4-5,8-11H2. The highest BCUT2D eigenvalue weighted by molar-refractivity contribution is 7.18. The second-order valence-corrected chi connectivity index (χ2v) is 7.06. The molecule has 0 amide bonds. The van der Waals surface area contributed by atoms with Crippen LogP contribution in [0.25, 0.3) is 10.2 Å². The first-order valence-corrected chi connectivity index (χ1v) is 8.40. The van der Waals surface area contributed by atoms with Crippen LogP contribution in [0.5, 0.6) is 0 Å². The normalized spacial score (nSPS) is 26.1. The van der Waals surface area contributed by atoms with E-state index in [2.05, 4.69) is 29.6 Å². The van der Waals surface area contributed by atoms with Gasteiger partial charge >= 0.3 is 0 Å². The van der Waals surface area contributed by atoms with Crippen LogP contribution in [-0.4, -0.2) is 23.7 Å². The van der Waals surface area contributed by atoms with Crippen molar-refractivity contribution in [2.45, 2.75) is 43.8 Å². The summed E-state index contributed by atoms with van der Waals surface area (Å²) in [6.07, 6.45) is 6.47. The third-order valence-corrected chi connectivity index (χ3v) is 5.65. The maximum Gasteiger partial charge on any atom is 0.124 e. The number of nitrogens with one attached hydrogen (secondary N) is 1. The van der Waals surface area contributed by atoms with Crippen molar-refractivity contribution in [3.8, 4) is 0 Å². The van der Waals surface area contributed by atoms with Gasteiger partial charge in [0, 0.05) is 13.1 Å². The Labute approximate surface area is 123 Å². The summed E-state index contributed by atoms with van der Waals surface area (Å²) in [5, 5.41) is 4.71. The Balaban J connectivity index is 1.61. The molecule has 1 atom stereocenters. The highest BCUT2D eigenvalue weighted by Gasteiger charge is 2.39. The highest BCUT2D eigenvalue weighted by Crippen LogP contribution is 2.39. The largest absolute Gasteiger partial charge is 0.362 e. The van der Waals surface area contributed by atoms with Gasteiger partial charge in [-0.15, -0.1) is 11.3 Å². The molecule has 0 radical (unpaired) electrons. The average molecular weight is 288 g/mol. The molecule has 1 aliphatic heterocycles. The maximum atomic E-state index is 6.52. The number of ether oxygens (including phenoxy) is 1. The van der Waals surface area contributed by atoms with Gasteiger partial charge in [-0.25, -0.2) is 4.98 Å². The molecule has 20 heavy (non-hydrogen) atoms. The van der Waals surface area contributed by atoms with Crippen LogP contribution in [0, 0.1) is 0 Å². The van der Waals surface area contributed by atoms with Crippen LogP contribution in [0.4, 0.5) is 0 Å². The topological polar surface area (TPSA) is 34.1 Å². The minimum atomic E-state index is 0.0685. The van der Waals surface area contributed by atoms with E-state index in [1.54, 1.807) is 11.3 Å². The number of fused-ring (bicyclic) bond motifs is 1. The van der Waals surface area contributed by atoms with Crippen molar-refractivity contribution in [3.63, 3.8) is 0 Å². The summed E-state index contributed by atoms with van der Waals surface area (Å²) in [4.78, 5) is 4.77. The summed E-state index contributed by atoms with van der Waals surface area (Å²) in [6.45, 7) is 1.90. The monoisotopic (exact) mass is 288 g/mol. The van der Waals surface area contributed by atoms with Crippen molar-refractivity contribution in [1.29, 1.82) is 0 Å². The van der Waals surface area contributed by atoms with E-state index in [0.29, 0.717) is 0 Å². The van der Waals surface area contributed by atoms with Gasteiger partial charge in [-0.3, -0.25) is 0 Å². The zero-order chi connectivity index (χ0) is 13.4. The number of para-hydroxylation sites is 1. The number of hydrogen-bond acceptors (Lipinski definition) is 4. The van der Waals surface area contributed by atoms with E-state index >= 15 is 0 Å². The van der Waals surface area contributed by atoms with Gasteiger partial charge in [0.1, 0.15) is 11.1 Å². The van der Waals surface area contributed by atoms with Crippen molar-refractivity contribution in [2.75, 3.05) is 13.1 Å². The molecule has 4 rings (SSSR count). The Morgan fingerprint density at radius 1 is 1.20 bits per heavy atom. The number of hydrogen-bond donors (Lipinski definition) is 1. The summed E-state index contributed by atoms with van der Waals surface area (Å²) in [5.41, 5.74) is 1.17. The van der Waals surface area contributed by atoms with Gasteiger partial charge < -0.3 is 10.1 Å². The smallest absolute Gasteiger partial charge is 0.124 e. The fraction of sp³-hybridized carbons (Fsp3) is 0.562. The van der Waals surface area contributed by atoms with E-state index < -0.39 is 0 Å². The van der Waals surface area contributed by atoms with Gasteiger partial charge in [0.25, 0.3) is 0 Å². The van der Waals surface area contributed by atoms with E-state index in [1.807, 2.05) is 0 Å². The molecular formula is C16H20N2OS. The molecular weight excluding hydrogens is 268 g/mol. The molecule has 1 saturated carbocycles. The second-order valence-electron chi connectivity index (χ2n) is 6.00. The SMILES string of the molecule is c1ccc2sc(C3CNCC4(CCCCC4)O3)nc2c1. The molecule has 0 bridgehead atoms. The summed E-state index contributed by atoms with van der Waals surface area (Å²) >= 11 is 1.78. The number of morpholine rings is 1. The summed E-state index contributed by atoms with van der Waals surface area (Å²) in [6, 6.07) is 8.35. The lowest BCUT2D eigenvalue weighted by atomic mass is 9.83. The Morgan fingerprint density at radius 2 is 2.05 bits per heavy atom. The van der Waals surface area contributed by atoms with Crippen LogP contribution in [0.15, 0.2) is 24.3 Å². The van der Waals surface area contributed by atoms with Crippen molar-refractivity contribution in [3.05, 3.63) is 29.3 Å². The molecule has 1 aliphatic carbocycles. The van der Waals surface area contributed by atoms with Crippen molar-refractivity contribution < 1.29 is 4.74 Å². The molecule has 3 nitrogen and oxygen atoms in total. The maximum absolute atomic E-state index is 6.52. The van der Waals surface area contributed by atoms with Crippen LogP contribution in [0.1, 0.15) is 43.2 Å². The van der Waals surface area contributed by atoms with E-state index in [9.17, 15) is 0 Å². The molecule has 1 unspecified atom stereocenters. The van der Waals surface area contributed by atoms with Crippen LogP contribution in [0.2, 0.25) is 0 Å². The minimum Gasteiger partial charge on any atom is -0.362 e. The lowest BCUT2D eigenvalue weighted by Crippen LogP contribution is -2.51. The van der Waals surface area contributed by atoms with Crippen LogP contribution >= 0.6 is 11.3 Å². The van der Waals surface area contributed by atoms with Gasteiger partial charge in [0.05, 0.1) is 15.8 Å². The van der Waals surface area contributed by atoms with Gasteiger partial charge in [-0.1, -0.05) is 31.4 Å². The van der Waals surface area contributed by atoms with Gasteiger partial charge in [-0.2, -0.15) is 0 Å². The Hall–Kier alpha value is -0.970. The summed E-state index contributed by atoms with van der Waals surface area (Å²) < 4.78 is 7.77. The van der Waals surface area contributed by atoms with E-state index in [4.69, 9.17) is 9.72 Å². The van der Waals surface area contributed by atoms with Gasteiger partial charge in [0.2, 0.25) is 0 Å². The van der Waals surface area contributed by atoms with Crippen molar-refractivity contribution in [1.82, 2.24) is 10.3 Å². The third-order valence-electron chi connectivity index (χ3n) is 4.52. The van der Waals surface area contributed by atoms with Gasteiger partial charge in [0.15, 0.2) is 0 Å². The zero-order valence-corrected chi connectivity index (χ0v) is 12.4. The van der Waals surface area contributed by atoms with Crippen molar-refractivity contribution >= 4 is 21.6 Å². The molecule has 1 saturated heterocycles. The number of thiazole rings is 1. The average Bonchev–Trinajstić information content (AvgIpc) is 2.92. The molecule has 4 heteroatoms. The first kappa shape index (κ1) is 12.7. The third kappa shape index (κ3) is 2.26.